The van der Waals surface area contributed by atoms with E-state index in [4.69, 9.17) is 0 Å². The standard InChI is InChI=1S/C8H10N2O2S/c11-13(12)6-10(7-13)5-8-2-1-3-9-4-8/h1-4H,5-7H2. The Bertz CT molecular complexity index is 376. The van der Waals surface area contributed by atoms with E-state index in [9.17, 15) is 8.42 Å². The molecule has 0 amide bonds. The molecule has 1 fully saturated rings. The Balaban J connectivity index is 1.95. The van der Waals surface area contributed by atoms with Crippen LogP contribution in [0, 0.1) is 0 Å². The zero-order chi connectivity index (χ0) is 9.31. The van der Waals surface area contributed by atoms with Crippen LogP contribution in [0.3, 0.4) is 0 Å². The molecule has 0 atom stereocenters. The molecule has 1 aromatic rings. The van der Waals surface area contributed by atoms with Crippen LogP contribution >= 0.6 is 0 Å². The molecule has 2 heterocycles. The van der Waals surface area contributed by atoms with Gasteiger partial charge in [-0.25, -0.2) is 8.42 Å². The summed E-state index contributed by atoms with van der Waals surface area (Å²) in [6.45, 7) is 0.674. The normalized spacial score (nSPS) is 20.9. The summed E-state index contributed by atoms with van der Waals surface area (Å²) in [6.07, 6.45) is 3.46. The van der Waals surface area contributed by atoms with Gasteiger partial charge in [-0.1, -0.05) is 6.07 Å². The Morgan fingerprint density at radius 1 is 1.46 bits per heavy atom. The van der Waals surface area contributed by atoms with Gasteiger partial charge in [-0.15, -0.1) is 0 Å². The molecule has 0 aromatic carbocycles. The average Bonchev–Trinajstić information content (AvgIpc) is 2.03. The van der Waals surface area contributed by atoms with E-state index in [-0.39, 0.29) is 11.8 Å². The number of hydrogen-bond donors (Lipinski definition) is 0. The van der Waals surface area contributed by atoms with Crippen LogP contribution in [0.1, 0.15) is 5.56 Å². The van der Waals surface area contributed by atoms with Crippen LogP contribution in [0.2, 0.25) is 0 Å². The van der Waals surface area contributed by atoms with Gasteiger partial charge in [0.1, 0.15) is 11.8 Å². The third kappa shape index (κ3) is 2.05. The zero-order valence-corrected chi connectivity index (χ0v) is 7.87. The van der Waals surface area contributed by atoms with E-state index in [0.29, 0.717) is 6.54 Å². The predicted molar refractivity (Wildman–Crippen MR) is 48.4 cm³/mol. The van der Waals surface area contributed by atoms with Gasteiger partial charge < -0.3 is 0 Å². The van der Waals surface area contributed by atoms with E-state index in [2.05, 4.69) is 4.98 Å². The topological polar surface area (TPSA) is 50.3 Å². The van der Waals surface area contributed by atoms with E-state index in [1.807, 2.05) is 17.0 Å². The number of aromatic nitrogens is 1. The first kappa shape index (κ1) is 8.65. The molecule has 1 aromatic heterocycles. The summed E-state index contributed by atoms with van der Waals surface area (Å²) in [6, 6.07) is 3.79. The molecule has 0 unspecified atom stereocenters. The van der Waals surface area contributed by atoms with Gasteiger partial charge in [0.15, 0.2) is 9.84 Å². The molecule has 70 valence electrons. The van der Waals surface area contributed by atoms with Crippen LogP contribution in [0.25, 0.3) is 0 Å². The first-order chi connectivity index (χ1) is 6.16. The Labute approximate surface area is 77.1 Å². The minimum Gasteiger partial charge on any atom is -0.271 e. The highest BCUT2D eigenvalue weighted by Gasteiger charge is 2.30. The van der Waals surface area contributed by atoms with Gasteiger partial charge in [-0.2, -0.15) is 0 Å². The van der Waals surface area contributed by atoms with Crippen LogP contribution in [-0.4, -0.2) is 30.1 Å². The maximum atomic E-state index is 10.8. The fraction of sp³-hybridized carbons (Fsp3) is 0.375. The molecule has 4 nitrogen and oxygen atoms in total. The summed E-state index contributed by atoms with van der Waals surface area (Å²) in [5.41, 5.74) is 1.05. The summed E-state index contributed by atoms with van der Waals surface area (Å²) >= 11 is 0. The number of nitrogens with zero attached hydrogens (tertiary/aromatic N) is 2. The molecule has 0 radical (unpaired) electrons. The Kier molecular flexibility index (Phi) is 2.05. The lowest BCUT2D eigenvalue weighted by Gasteiger charge is -2.30. The first-order valence-electron chi connectivity index (χ1n) is 3.97. The highest BCUT2D eigenvalue weighted by Crippen LogP contribution is 2.14. The first-order valence-corrected chi connectivity index (χ1v) is 5.79. The van der Waals surface area contributed by atoms with Crippen molar-refractivity contribution in [3.8, 4) is 0 Å². The molecular formula is C8H10N2O2S. The smallest absolute Gasteiger partial charge is 0.176 e. The molecule has 1 saturated heterocycles. The van der Waals surface area contributed by atoms with Crippen molar-refractivity contribution >= 4 is 9.84 Å². The molecule has 5 heteroatoms. The van der Waals surface area contributed by atoms with Gasteiger partial charge >= 0.3 is 0 Å². The number of sulfone groups is 1. The predicted octanol–water partition coefficient (Wildman–Crippen LogP) is 0.227. The second-order valence-corrected chi connectivity index (χ2v) is 5.20. The van der Waals surface area contributed by atoms with Gasteiger partial charge in [0, 0.05) is 18.9 Å². The van der Waals surface area contributed by atoms with Gasteiger partial charge in [0.25, 0.3) is 0 Å². The third-order valence-corrected chi connectivity index (χ3v) is 3.40. The van der Waals surface area contributed by atoms with Gasteiger partial charge in [0.05, 0.1) is 0 Å². The molecular weight excluding hydrogens is 188 g/mol. The van der Waals surface area contributed by atoms with E-state index >= 15 is 0 Å². The van der Waals surface area contributed by atoms with Crippen molar-refractivity contribution in [1.82, 2.24) is 9.88 Å². The van der Waals surface area contributed by atoms with Crippen molar-refractivity contribution in [2.75, 3.05) is 11.8 Å². The maximum absolute atomic E-state index is 10.8. The average molecular weight is 198 g/mol. The Morgan fingerprint density at radius 3 is 2.77 bits per heavy atom. The monoisotopic (exact) mass is 198 g/mol. The molecule has 0 N–H and O–H groups in total. The van der Waals surface area contributed by atoms with E-state index in [1.54, 1.807) is 12.4 Å². The zero-order valence-electron chi connectivity index (χ0n) is 7.05. The minimum absolute atomic E-state index is 0.182. The second-order valence-electron chi connectivity index (χ2n) is 3.19. The Hall–Kier alpha value is -0.940. The molecule has 0 spiro atoms. The number of hydrogen-bond acceptors (Lipinski definition) is 4. The van der Waals surface area contributed by atoms with Crippen LogP contribution in [0.5, 0.6) is 0 Å². The summed E-state index contributed by atoms with van der Waals surface area (Å²) in [4.78, 5) is 5.82. The van der Waals surface area contributed by atoms with Crippen molar-refractivity contribution in [1.29, 1.82) is 0 Å². The van der Waals surface area contributed by atoms with Gasteiger partial charge in [0.2, 0.25) is 0 Å². The lowest BCUT2D eigenvalue weighted by molar-refractivity contribution is 0.308. The molecule has 2 rings (SSSR count). The lowest BCUT2D eigenvalue weighted by atomic mass is 10.3. The Morgan fingerprint density at radius 2 is 2.23 bits per heavy atom. The summed E-state index contributed by atoms with van der Waals surface area (Å²) in [5, 5.41) is 0. The molecule has 1 aliphatic heterocycles. The lowest BCUT2D eigenvalue weighted by Crippen LogP contribution is -2.45. The number of pyridine rings is 1. The summed E-state index contributed by atoms with van der Waals surface area (Å²) in [5.74, 6) is 0.365. The quantitative estimate of drug-likeness (QED) is 0.682. The SMILES string of the molecule is O=S1(=O)CN(Cc2cccnc2)C1. The summed E-state index contributed by atoms with van der Waals surface area (Å²) in [7, 11) is -2.75. The van der Waals surface area contributed by atoms with Crippen LogP contribution < -0.4 is 0 Å². The highest BCUT2D eigenvalue weighted by atomic mass is 32.2. The van der Waals surface area contributed by atoms with Crippen molar-refractivity contribution in [2.45, 2.75) is 6.54 Å². The van der Waals surface area contributed by atoms with Crippen molar-refractivity contribution in [3.63, 3.8) is 0 Å². The van der Waals surface area contributed by atoms with E-state index in [1.165, 1.54) is 0 Å². The van der Waals surface area contributed by atoms with Crippen molar-refractivity contribution in [3.05, 3.63) is 30.1 Å². The maximum Gasteiger partial charge on any atom is 0.176 e. The minimum atomic E-state index is -2.75. The van der Waals surface area contributed by atoms with Crippen LogP contribution in [0.15, 0.2) is 24.5 Å². The number of rotatable bonds is 2. The second kappa shape index (κ2) is 3.08. The molecule has 1 aliphatic rings. The van der Waals surface area contributed by atoms with E-state index in [0.717, 1.165) is 5.56 Å². The largest absolute Gasteiger partial charge is 0.271 e. The van der Waals surface area contributed by atoms with Crippen molar-refractivity contribution < 1.29 is 8.42 Å². The third-order valence-electron chi connectivity index (χ3n) is 1.89. The van der Waals surface area contributed by atoms with Gasteiger partial charge in [-0.05, 0) is 11.6 Å². The summed E-state index contributed by atoms with van der Waals surface area (Å²) < 4.78 is 21.7. The highest BCUT2D eigenvalue weighted by molar-refractivity contribution is 7.92. The van der Waals surface area contributed by atoms with Crippen molar-refractivity contribution in [2.24, 2.45) is 0 Å². The molecule has 0 aliphatic carbocycles. The van der Waals surface area contributed by atoms with Crippen LogP contribution in [0.4, 0.5) is 0 Å². The fourth-order valence-corrected chi connectivity index (χ4v) is 2.58. The molecule has 13 heavy (non-hydrogen) atoms. The molecule has 0 bridgehead atoms. The molecule has 0 saturated carbocycles. The van der Waals surface area contributed by atoms with Gasteiger partial charge in [-0.3, -0.25) is 9.88 Å². The van der Waals surface area contributed by atoms with E-state index < -0.39 is 9.84 Å². The fourth-order valence-electron chi connectivity index (χ4n) is 1.36. The van der Waals surface area contributed by atoms with Crippen LogP contribution in [-0.2, 0) is 16.4 Å².